The summed E-state index contributed by atoms with van der Waals surface area (Å²) in [6.07, 6.45) is 3.28. The van der Waals surface area contributed by atoms with Gasteiger partial charge in [-0.2, -0.15) is 10.1 Å². The zero-order chi connectivity index (χ0) is 31.1. The Morgan fingerprint density at radius 3 is 2.28 bits per heavy atom. The zero-order valence-corrected chi connectivity index (χ0v) is 24.7. The second-order valence-electron chi connectivity index (χ2n) is 11.3. The van der Waals surface area contributed by atoms with Crippen molar-refractivity contribution < 1.29 is 13.6 Å². The van der Waals surface area contributed by atoms with Crippen LogP contribution in [-0.2, 0) is 5.54 Å². The minimum absolute atomic E-state index is 0.126. The Bertz CT molecular complexity index is 1890. The lowest BCUT2D eigenvalue weighted by Gasteiger charge is -2.18. The summed E-state index contributed by atoms with van der Waals surface area (Å²) in [5, 5.41) is 13.4. The molecule has 10 nitrogen and oxygen atoms in total. The third-order valence-corrected chi connectivity index (χ3v) is 6.81. The van der Waals surface area contributed by atoms with Gasteiger partial charge in [0, 0.05) is 42.0 Å². The van der Waals surface area contributed by atoms with E-state index in [0.717, 1.165) is 0 Å². The minimum Gasteiger partial charge on any atom is -0.357 e. The van der Waals surface area contributed by atoms with Crippen LogP contribution in [0.3, 0.4) is 0 Å². The first-order valence-corrected chi connectivity index (χ1v) is 13.7. The summed E-state index contributed by atoms with van der Waals surface area (Å²) in [5.41, 5.74) is 1.70. The minimum atomic E-state index is -0.723. The SMILES string of the molecule is CNc1ncc2cc(-c3ccc(F)c(NC(=O)Nc4cn(C(C)(C)C)nc4-c4ccc(F)cc4)c3)c(=O)n(C(C)C)c2n1. The van der Waals surface area contributed by atoms with Gasteiger partial charge in [0.25, 0.3) is 5.56 Å². The van der Waals surface area contributed by atoms with Crippen LogP contribution in [-0.4, -0.2) is 37.4 Å². The summed E-state index contributed by atoms with van der Waals surface area (Å²) < 4.78 is 31.8. The predicted octanol–water partition coefficient (Wildman–Crippen LogP) is 6.62. The number of hydrogen-bond donors (Lipinski definition) is 3. The van der Waals surface area contributed by atoms with Crippen molar-refractivity contribution in [2.24, 2.45) is 0 Å². The molecule has 222 valence electrons. The van der Waals surface area contributed by atoms with Gasteiger partial charge in [0.15, 0.2) is 0 Å². The second-order valence-corrected chi connectivity index (χ2v) is 11.3. The molecular weight excluding hydrogens is 554 g/mol. The molecule has 3 heterocycles. The maximum Gasteiger partial charge on any atom is 0.323 e. The van der Waals surface area contributed by atoms with Gasteiger partial charge in [-0.1, -0.05) is 6.07 Å². The molecule has 0 aliphatic heterocycles. The van der Waals surface area contributed by atoms with Crippen molar-refractivity contribution in [3.63, 3.8) is 0 Å². The highest BCUT2D eigenvalue weighted by molar-refractivity contribution is 6.02. The number of hydrogen-bond acceptors (Lipinski definition) is 6. The van der Waals surface area contributed by atoms with Gasteiger partial charge in [0.05, 0.1) is 16.9 Å². The number of fused-ring (bicyclic) bond motifs is 1. The number of anilines is 3. The molecule has 5 rings (SSSR count). The molecule has 3 N–H and O–H groups in total. The Morgan fingerprint density at radius 1 is 0.953 bits per heavy atom. The number of carbonyl (C=O) groups excluding carboxylic acids is 1. The normalized spacial score (nSPS) is 11.7. The third kappa shape index (κ3) is 5.94. The van der Waals surface area contributed by atoms with Gasteiger partial charge in [0.2, 0.25) is 5.95 Å². The molecule has 0 bridgehead atoms. The van der Waals surface area contributed by atoms with Crippen molar-refractivity contribution in [2.75, 3.05) is 23.0 Å². The second kappa shape index (κ2) is 11.3. The summed E-state index contributed by atoms with van der Waals surface area (Å²) in [6.45, 7) is 9.59. The zero-order valence-electron chi connectivity index (χ0n) is 24.7. The van der Waals surface area contributed by atoms with Crippen LogP contribution in [0.2, 0.25) is 0 Å². The first-order chi connectivity index (χ1) is 20.3. The van der Waals surface area contributed by atoms with E-state index in [0.29, 0.717) is 45.1 Å². The van der Waals surface area contributed by atoms with Gasteiger partial charge < -0.3 is 16.0 Å². The van der Waals surface area contributed by atoms with Gasteiger partial charge in [-0.25, -0.2) is 18.6 Å². The highest BCUT2D eigenvalue weighted by atomic mass is 19.1. The summed E-state index contributed by atoms with van der Waals surface area (Å²) in [4.78, 5) is 35.5. The fraction of sp³-hybridized carbons (Fsp3) is 0.258. The quantitative estimate of drug-likeness (QED) is 0.206. The number of aromatic nitrogens is 5. The van der Waals surface area contributed by atoms with E-state index in [1.165, 1.54) is 30.3 Å². The lowest BCUT2D eigenvalue weighted by Crippen LogP contribution is -2.25. The molecule has 0 radical (unpaired) electrons. The van der Waals surface area contributed by atoms with E-state index in [-0.39, 0.29) is 17.3 Å². The van der Waals surface area contributed by atoms with Crippen LogP contribution < -0.4 is 21.5 Å². The Balaban J connectivity index is 1.49. The number of benzene rings is 2. The van der Waals surface area contributed by atoms with E-state index in [2.05, 4.69) is 31.0 Å². The number of nitrogens with one attached hydrogen (secondary N) is 3. The highest BCUT2D eigenvalue weighted by Crippen LogP contribution is 2.31. The maximum atomic E-state index is 15.0. The van der Waals surface area contributed by atoms with Crippen LogP contribution in [0.4, 0.5) is 30.9 Å². The van der Waals surface area contributed by atoms with Gasteiger partial charge in [0.1, 0.15) is 23.0 Å². The van der Waals surface area contributed by atoms with Gasteiger partial charge >= 0.3 is 6.03 Å². The van der Waals surface area contributed by atoms with E-state index in [4.69, 9.17) is 0 Å². The lowest BCUT2D eigenvalue weighted by molar-refractivity contribution is 0.262. The van der Waals surface area contributed by atoms with E-state index in [1.807, 2.05) is 34.6 Å². The molecular formula is C31H32F2N8O2. The molecule has 0 aliphatic rings. The van der Waals surface area contributed by atoms with Crippen LogP contribution in [0.5, 0.6) is 0 Å². The number of nitrogens with zero attached hydrogens (tertiary/aromatic N) is 5. The fourth-order valence-electron chi connectivity index (χ4n) is 4.62. The van der Waals surface area contributed by atoms with Crippen molar-refractivity contribution in [1.82, 2.24) is 24.3 Å². The number of pyridine rings is 1. The molecule has 12 heteroatoms. The molecule has 0 unspecified atom stereocenters. The summed E-state index contributed by atoms with van der Waals surface area (Å²) in [5.74, 6) is -0.706. The van der Waals surface area contributed by atoms with Crippen LogP contribution in [0.1, 0.15) is 40.7 Å². The summed E-state index contributed by atoms with van der Waals surface area (Å²) in [6, 6.07) is 10.5. The maximum absolute atomic E-state index is 15.0. The average Bonchev–Trinajstić information content (AvgIpc) is 3.38. The third-order valence-electron chi connectivity index (χ3n) is 6.81. The number of amides is 2. The van der Waals surface area contributed by atoms with Gasteiger partial charge in [-0.3, -0.25) is 14.0 Å². The first kappa shape index (κ1) is 29.4. The topological polar surface area (TPSA) is 119 Å². The number of carbonyl (C=O) groups is 1. The van der Waals surface area contributed by atoms with Crippen molar-refractivity contribution in [3.8, 4) is 22.4 Å². The van der Waals surface area contributed by atoms with Crippen LogP contribution >= 0.6 is 0 Å². The van der Waals surface area contributed by atoms with Gasteiger partial charge in [-0.05, 0) is 82.6 Å². The molecule has 43 heavy (non-hydrogen) atoms. The highest BCUT2D eigenvalue weighted by Gasteiger charge is 2.22. The molecule has 0 aliphatic carbocycles. The van der Waals surface area contributed by atoms with E-state index in [1.54, 1.807) is 46.9 Å². The monoisotopic (exact) mass is 586 g/mol. The van der Waals surface area contributed by atoms with Crippen LogP contribution in [0.25, 0.3) is 33.4 Å². The van der Waals surface area contributed by atoms with E-state index < -0.39 is 23.2 Å². The number of halogens is 2. The molecule has 0 saturated heterocycles. The first-order valence-electron chi connectivity index (χ1n) is 13.7. The molecule has 2 amide bonds. The lowest BCUT2D eigenvalue weighted by atomic mass is 10.0. The van der Waals surface area contributed by atoms with Crippen molar-refractivity contribution >= 4 is 34.4 Å². The predicted molar refractivity (Wildman–Crippen MR) is 164 cm³/mol. The number of urea groups is 1. The Labute approximate surface area is 246 Å². The van der Waals surface area contributed by atoms with E-state index in [9.17, 15) is 18.4 Å². The molecule has 5 aromatic rings. The van der Waals surface area contributed by atoms with Crippen LogP contribution in [0.15, 0.2) is 65.7 Å². The standard InChI is InChI=1S/C31H32F2N8O2/c1-17(2)41-27-20(15-35-29(34-6)38-27)13-22(28(41)42)19-9-12-23(33)24(14-19)36-30(43)37-25-16-40(31(3,4)5)39-26(25)18-7-10-21(32)11-8-18/h7-17H,1-6H3,(H,34,35,38)(H2,36,37,43). The smallest absolute Gasteiger partial charge is 0.323 e. The average molecular weight is 587 g/mol. The molecule has 0 atom stereocenters. The Morgan fingerprint density at radius 2 is 1.63 bits per heavy atom. The van der Waals surface area contributed by atoms with Crippen molar-refractivity contribution in [2.45, 2.75) is 46.2 Å². The summed E-state index contributed by atoms with van der Waals surface area (Å²) in [7, 11) is 1.69. The molecule has 0 fully saturated rings. The van der Waals surface area contributed by atoms with Crippen molar-refractivity contribution in [3.05, 3.63) is 82.9 Å². The fourth-order valence-corrected chi connectivity index (χ4v) is 4.62. The van der Waals surface area contributed by atoms with Gasteiger partial charge in [-0.15, -0.1) is 0 Å². The van der Waals surface area contributed by atoms with E-state index >= 15 is 0 Å². The Kier molecular flexibility index (Phi) is 7.70. The van der Waals surface area contributed by atoms with Crippen molar-refractivity contribution in [1.29, 1.82) is 0 Å². The molecule has 3 aromatic heterocycles. The number of rotatable bonds is 6. The summed E-state index contributed by atoms with van der Waals surface area (Å²) >= 11 is 0. The molecule has 0 spiro atoms. The Hall–Kier alpha value is -5.13. The van der Waals surface area contributed by atoms with Crippen LogP contribution in [0, 0.1) is 11.6 Å². The molecule has 2 aromatic carbocycles. The largest absolute Gasteiger partial charge is 0.357 e. The molecule has 0 saturated carbocycles.